The zero-order chi connectivity index (χ0) is 16.3. The van der Waals surface area contributed by atoms with Gasteiger partial charge in [0, 0.05) is 31.7 Å². The van der Waals surface area contributed by atoms with Gasteiger partial charge in [-0.25, -0.2) is 4.79 Å². The van der Waals surface area contributed by atoms with Crippen molar-refractivity contribution < 1.29 is 9.53 Å². The summed E-state index contributed by atoms with van der Waals surface area (Å²) in [6.45, 7) is 12.5. The molecule has 1 fully saturated rings. The van der Waals surface area contributed by atoms with E-state index < -0.39 is 5.60 Å². The molecule has 0 aromatic heterocycles. The maximum absolute atomic E-state index is 12.3. The average molecular weight is 304 g/mol. The van der Waals surface area contributed by atoms with Crippen LogP contribution in [0.3, 0.4) is 0 Å². The zero-order valence-corrected chi connectivity index (χ0v) is 14.4. The lowest BCUT2D eigenvalue weighted by atomic mass is 10.1. The molecule has 1 aliphatic heterocycles. The van der Waals surface area contributed by atoms with Crippen molar-refractivity contribution in [2.24, 2.45) is 0 Å². The molecule has 0 radical (unpaired) electrons. The van der Waals surface area contributed by atoms with Crippen LogP contribution >= 0.6 is 0 Å². The number of hydrogen-bond acceptors (Lipinski definition) is 3. The van der Waals surface area contributed by atoms with Crippen LogP contribution in [0.1, 0.15) is 40.2 Å². The molecule has 2 rings (SSSR count). The third kappa shape index (κ3) is 4.47. The van der Waals surface area contributed by atoms with Gasteiger partial charge in [0.25, 0.3) is 0 Å². The van der Waals surface area contributed by atoms with Gasteiger partial charge in [0.05, 0.1) is 0 Å². The molecule has 0 N–H and O–H groups in total. The van der Waals surface area contributed by atoms with Gasteiger partial charge < -0.3 is 9.64 Å². The molecule has 1 aliphatic rings. The number of amides is 1. The van der Waals surface area contributed by atoms with E-state index in [0.29, 0.717) is 12.6 Å². The maximum atomic E-state index is 12.3. The maximum Gasteiger partial charge on any atom is 0.410 e. The standard InChI is InChI=1S/C18H28N2O2/c1-14-12-20(17(21)22-18(3,4)5)15(2)11-19(14)13-16-9-7-6-8-10-16/h6-10,14-15H,11-13H2,1-5H3. The number of nitrogens with zero attached hydrogens (tertiary/aromatic N) is 2. The number of ether oxygens (including phenoxy) is 1. The van der Waals surface area contributed by atoms with Crippen molar-refractivity contribution in [2.75, 3.05) is 13.1 Å². The molecule has 0 spiro atoms. The van der Waals surface area contributed by atoms with Crippen LogP contribution in [0.15, 0.2) is 30.3 Å². The van der Waals surface area contributed by atoms with E-state index in [-0.39, 0.29) is 12.1 Å². The molecular formula is C18H28N2O2. The van der Waals surface area contributed by atoms with Gasteiger partial charge in [-0.1, -0.05) is 30.3 Å². The summed E-state index contributed by atoms with van der Waals surface area (Å²) >= 11 is 0. The van der Waals surface area contributed by atoms with Gasteiger partial charge in [0.1, 0.15) is 5.60 Å². The molecule has 1 heterocycles. The molecule has 2 atom stereocenters. The Kier molecular flexibility index (Phi) is 5.12. The third-order valence-electron chi connectivity index (χ3n) is 3.97. The van der Waals surface area contributed by atoms with Crippen molar-refractivity contribution in [1.82, 2.24) is 9.80 Å². The van der Waals surface area contributed by atoms with Crippen LogP contribution in [0, 0.1) is 0 Å². The monoisotopic (exact) mass is 304 g/mol. The van der Waals surface area contributed by atoms with Gasteiger partial charge in [0.15, 0.2) is 0 Å². The van der Waals surface area contributed by atoms with Gasteiger partial charge >= 0.3 is 6.09 Å². The Morgan fingerprint density at radius 1 is 1.14 bits per heavy atom. The summed E-state index contributed by atoms with van der Waals surface area (Å²) in [5.41, 5.74) is 0.869. The molecule has 1 aromatic carbocycles. The Hall–Kier alpha value is -1.55. The molecule has 2 unspecified atom stereocenters. The van der Waals surface area contributed by atoms with Crippen molar-refractivity contribution in [1.29, 1.82) is 0 Å². The zero-order valence-electron chi connectivity index (χ0n) is 14.4. The average Bonchev–Trinajstić information content (AvgIpc) is 2.41. The third-order valence-corrected chi connectivity index (χ3v) is 3.97. The Morgan fingerprint density at radius 3 is 2.36 bits per heavy atom. The minimum atomic E-state index is -0.443. The second-order valence-corrected chi connectivity index (χ2v) is 7.25. The van der Waals surface area contributed by atoms with Crippen LogP contribution in [0.25, 0.3) is 0 Å². The summed E-state index contributed by atoms with van der Waals surface area (Å²) in [6, 6.07) is 11.0. The highest BCUT2D eigenvalue weighted by Gasteiger charge is 2.34. The molecule has 0 saturated carbocycles. The summed E-state index contributed by atoms with van der Waals surface area (Å²) in [4.78, 5) is 16.6. The lowest BCUT2D eigenvalue weighted by molar-refractivity contribution is -0.0117. The second kappa shape index (κ2) is 6.69. The normalized spacial score (nSPS) is 23.4. The molecule has 1 saturated heterocycles. The van der Waals surface area contributed by atoms with E-state index in [1.54, 1.807) is 0 Å². The molecule has 4 heteroatoms. The van der Waals surface area contributed by atoms with Crippen molar-refractivity contribution in [3.8, 4) is 0 Å². The van der Waals surface area contributed by atoms with Crippen molar-refractivity contribution in [3.63, 3.8) is 0 Å². The van der Waals surface area contributed by atoms with Crippen LogP contribution in [-0.4, -0.2) is 46.7 Å². The fraction of sp³-hybridized carbons (Fsp3) is 0.611. The number of rotatable bonds is 2. The van der Waals surface area contributed by atoms with Gasteiger partial charge in [-0.2, -0.15) is 0 Å². The highest BCUT2D eigenvalue weighted by molar-refractivity contribution is 5.68. The highest BCUT2D eigenvalue weighted by atomic mass is 16.6. The minimum Gasteiger partial charge on any atom is -0.444 e. The van der Waals surface area contributed by atoms with Gasteiger partial charge in [0.2, 0.25) is 0 Å². The molecule has 0 bridgehead atoms. The topological polar surface area (TPSA) is 32.8 Å². The molecule has 0 aliphatic carbocycles. The lowest BCUT2D eigenvalue weighted by Gasteiger charge is -2.44. The Balaban J connectivity index is 1.98. The number of carbonyl (C=O) groups is 1. The molecule has 122 valence electrons. The van der Waals surface area contributed by atoms with Crippen LogP contribution in [0.5, 0.6) is 0 Å². The van der Waals surface area contributed by atoms with E-state index in [1.807, 2.05) is 31.7 Å². The molecule has 1 aromatic rings. The predicted molar refractivity (Wildman–Crippen MR) is 88.7 cm³/mol. The molecule has 22 heavy (non-hydrogen) atoms. The first kappa shape index (κ1) is 16.8. The summed E-state index contributed by atoms with van der Waals surface area (Å²) in [5.74, 6) is 0. The summed E-state index contributed by atoms with van der Waals surface area (Å²) < 4.78 is 5.52. The number of piperazine rings is 1. The quantitative estimate of drug-likeness (QED) is 0.838. The van der Waals surface area contributed by atoms with E-state index in [0.717, 1.165) is 13.1 Å². The predicted octanol–water partition coefficient (Wildman–Crippen LogP) is 3.52. The van der Waals surface area contributed by atoms with Crippen LogP contribution in [0.2, 0.25) is 0 Å². The van der Waals surface area contributed by atoms with Crippen LogP contribution in [0.4, 0.5) is 4.79 Å². The Bertz CT molecular complexity index is 496. The summed E-state index contributed by atoms with van der Waals surface area (Å²) in [5, 5.41) is 0. The van der Waals surface area contributed by atoms with E-state index >= 15 is 0 Å². The Labute approximate surface area is 134 Å². The van der Waals surface area contributed by atoms with Crippen molar-refractivity contribution in [3.05, 3.63) is 35.9 Å². The smallest absolute Gasteiger partial charge is 0.410 e. The second-order valence-electron chi connectivity index (χ2n) is 7.25. The van der Waals surface area contributed by atoms with Gasteiger partial charge in [-0.3, -0.25) is 4.90 Å². The summed E-state index contributed by atoms with van der Waals surface area (Å²) in [7, 11) is 0. The Morgan fingerprint density at radius 2 is 1.77 bits per heavy atom. The molecular weight excluding hydrogens is 276 g/mol. The minimum absolute atomic E-state index is 0.162. The number of hydrogen-bond donors (Lipinski definition) is 0. The highest BCUT2D eigenvalue weighted by Crippen LogP contribution is 2.20. The van der Waals surface area contributed by atoms with Gasteiger partial charge in [-0.15, -0.1) is 0 Å². The fourth-order valence-corrected chi connectivity index (χ4v) is 2.81. The van der Waals surface area contributed by atoms with E-state index in [4.69, 9.17) is 4.74 Å². The van der Waals surface area contributed by atoms with Gasteiger partial charge in [-0.05, 0) is 40.2 Å². The fourth-order valence-electron chi connectivity index (χ4n) is 2.81. The van der Waals surface area contributed by atoms with E-state index in [1.165, 1.54) is 5.56 Å². The first-order chi connectivity index (χ1) is 10.3. The largest absolute Gasteiger partial charge is 0.444 e. The lowest BCUT2D eigenvalue weighted by Crippen LogP contribution is -2.58. The van der Waals surface area contributed by atoms with E-state index in [2.05, 4.69) is 43.0 Å². The number of benzene rings is 1. The van der Waals surface area contributed by atoms with Crippen LogP contribution < -0.4 is 0 Å². The summed E-state index contributed by atoms with van der Waals surface area (Å²) in [6.07, 6.45) is -0.203. The van der Waals surface area contributed by atoms with Crippen LogP contribution in [-0.2, 0) is 11.3 Å². The number of carbonyl (C=O) groups excluding carboxylic acids is 1. The first-order valence-electron chi connectivity index (χ1n) is 8.04. The molecule has 1 amide bonds. The SMILES string of the molecule is CC1CN(C(=O)OC(C)(C)C)C(C)CN1Cc1ccccc1. The first-order valence-corrected chi connectivity index (χ1v) is 8.04. The molecule has 4 nitrogen and oxygen atoms in total. The van der Waals surface area contributed by atoms with Crippen molar-refractivity contribution >= 4 is 6.09 Å². The van der Waals surface area contributed by atoms with Crippen molar-refractivity contribution in [2.45, 2.75) is 58.8 Å². The van der Waals surface area contributed by atoms with E-state index in [9.17, 15) is 4.79 Å².